The van der Waals surface area contributed by atoms with E-state index in [4.69, 9.17) is 10.5 Å². The number of aliphatic hydroxyl groups excluding tert-OH is 1. The van der Waals surface area contributed by atoms with Gasteiger partial charge in [0.25, 0.3) is 0 Å². The third-order valence-electron chi connectivity index (χ3n) is 5.17. The second-order valence-corrected chi connectivity index (χ2v) is 8.04. The van der Waals surface area contributed by atoms with Crippen LogP contribution in [0.1, 0.15) is 22.7 Å². The minimum atomic E-state index is -4.91. The Balaban J connectivity index is 1.88. The molecule has 4 N–H and O–H groups in total. The molecule has 0 amide bonds. The Bertz CT molecular complexity index is 1160. The number of nitrogens with one attached hydrogen (secondary N) is 1. The fourth-order valence-corrected chi connectivity index (χ4v) is 3.30. The van der Waals surface area contributed by atoms with E-state index in [1.807, 2.05) is 0 Å². The van der Waals surface area contributed by atoms with Crippen LogP contribution < -0.4 is 20.5 Å². The summed E-state index contributed by atoms with van der Waals surface area (Å²) in [6.45, 7) is -0.788. The van der Waals surface area contributed by atoms with Gasteiger partial charge in [0.05, 0.1) is 6.04 Å². The molecule has 2 unspecified atom stereocenters. The van der Waals surface area contributed by atoms with Crippen molar-refractivity contribution in [3.8, 4) is 11.5 Å². The van der Waals surface area contributed by atoms with Crippen molar-refractivity contribution in [2.24, 2.45) is 0 Å². The molecule has 0 saturated carbocycles. The maximum absolute atomic E-state index is 13.4. The monoisotopic (exact) mass is 532 g/mol. The summed E-state index contributed by atoms with van der Waals surface area (Å²) >= 11 is 0. The van der Waals surface area contributed by atoms with E-state index >= 15 is 0 Å². The first-order chi connectivity index (χ1) is 17.3. The van der Waals surface area contributed by atoms with Gasteiger partial charge in [0.2, 0.25) is 0 Å². The van der Waals surface area contributed by atoms with Gasteiger partial charge in [-0.1, -0.05) is 36.4 Å². The van der Waals surface area contributed by atoms with Crippen LogP contribution in [0.4, 0.5) is 36.4 Å². The number of rotatable bonds is 11. The standard InChI is InChI=1S/C25H23F7N2O3/c26-23(27)25(31,32)37-20-6-2-4-17(12-20)22(34-13-21(35)24(28,29)30)16-3-1-5-19(11-16)36-14-15-7-9-18(33)10-8-15/h1-12,21-23,34-35H,13-14,33H2. The van der Waals surface area contributed by atoms with Crippen LogP contribution in [0.3, 0.4) is 0 Å². The fraction of sp³-hybridized carbons (Fsp3) is 0.280. The van der Waals surface area contributed by atoms with Gasteiger partial charge in [-0.25, -0.2) is 0 Å². The lowest BCUT2D eigenvalue weighted by molar-refractivity contribution is -0.253. The van der Waals surface area contributed by atoms with E-state index in [0.29, 0.717) is 17.0 Å². The predicted molar refractivity (Wildman–Crippen MR) is 122 cm³/mol. The molecule has 0 aliphatic heterocycles. The molecule has 0 saturated heterocycles. The zero-order valence-electron chi connectivity index (χ0n) is 19.1. The summed E-state index contributed by atoms with van der Waals surface area (Å²) in [5.74, 6) is -0.282. The lowest BCUT2D eigenvalue weighted by atomic mass is 9.98. The number of benzene rings is 3. The number of alkyl halides is 7. The van der Waals surface area contributed by atoms with Crippen LogP contribution in [0, 0.1) is 0 Å². The van der Waals surface area contributed by atoms with Crippen molar-refractivity contribution < 1.29 is 45.3 Å². The lowest BCUT2D eigenvalue weighted by Crippen LogP contribution is -2.40. The maximum Gasteiger partial charge on any atom is 0.461 e. The van der Waals surface area contributed by atoms with E-state index in [1.165, 1.54) is 24.3 Å². The number of nitrogens with two attached hydrogens (primary N) is 1. The van der Waals surface area contributed by atoms with E-state index in [-0.39, 0.29) is 12.2 Å². The first kappa shape index (κ1) is 28.1. The van der Waals surface area contributed by atoms with Gasteiger partial charge in [0, 0.05) is 12.2 Å². The lowest BCUT2D eigenvalue weighted by Gasteiger charge is -2.24. The molecular weight excluding hydrogens is 509 g/mol. The molecule has 0 aliphatic rings. The Kier molecular flexibility index (Phi) is 8.87. The molecule has 0 radical (unpaired) electrons. The first-order valence-corrected chi connectivity index (χ1v) is 10.9. The first-order valence-electron chi connectivity index (χ1n) is 10.9. The summed E-state index contributed by atoms with van der Waals surface area (Å²) in [4.78, 5) is 0. The smallest absolute Gasteiger partial charge is 0.461 e. The molecule has 0 aliphatic carbocycles. The number of anilines is 1. The summed E-state index contributed by atoms with van der Waals surface area (Å²) in [7, 11) is 0. The molecule has 0 bridgehead atoms. The van der Waals surface area contributed by atoms with Crippen molar-refractivity contribution in [3.05, 3.63) is 89.5 Å². The Morgan fingerprint density at radius 3 is 1.97 bits per heavy atom. The minimum Gasteiger partial charge on any atom is -0.489 e. The van der Waals surface area contributed by atoms with Gasteiger partial charge < -0.3 is 25.6 Å². The molecular formula is C25H23F7N2O3. The van der Waals surface area contributed by atoms with Crippen LogP contribution in [0.2, 0.25) is 0 Å². The number of nitrogen functional groups attached to an aromatic ring is 1. The zero-order valence-corrected chi connectivity index (χ0v) is 19.1. The highest BCUT2D eigenvalue weighted by atomic mass is 19.4. The zero-order chi connectivity index (χ0) is 27.2. The van der Waals surface area contributed by atoms with Crippen LogP contribution in [0.15, 0.2) is 72.8 Å². The van der Waals surface area contributed by atoms with Crippen molar-refractivity contribution in [2.75, 3.05) is 12.3 Å². The quantitative estimate of drug-likeness (QED) is 0.219. The summed E-state index contributed by atoms with van der Waals surface area (Å²) in [6, 6.07) is 16.6. The van der Waals surface area contributed by atoms with Crippen molar-refractivity contribution in [2.45, 2.75) is 37.5 Å². The van der Waals surface area contributed by atoms with Gasteiger partial charge >= 0.3 is 18.7 Å². The van der Waals surface area contributed by atoms with E-state index < -0.39 is 43.2 Å². The van der Waals surface area contributed by atoms with Gasteiger partial charge in [-0.15, -0.1) is 0 Å². The highest BCUT2D eigenvalue weighted by Gasteiger charge is 2.44. The maximum atomic E-state index is 13.4. The normalized spacial score (nSPS) is 13.9. The van der Waals surface area contributed by atoms with Crippen LogP contribution in [-0.2, 0) is 6.61 Å². The van der Waals surface area contributed by atoms with Crippen LogP contribution in [0.5, 0.6) is 11.5 Å². The number of halogens is 7. The molecule has 5 nitrogen and oxygen atoms in total. The van der Waals surface area contributed by atoms with Crippen LogP contribution >= 0.6 is 0 Å². The Morgan fingerprint density at radius 1 is 0.838 bits per heavy atom. The Hall–Kier alpha value is -3.51. The SMILES string of the molecule is Nc1ccc(COc2cccc(C(NCC(O)C(F)(F)F)c3cccc(OC(F)(F)C(F)F)c3)c2)cc1. The largest absolute Gasteiger partial charge is 0.489 e. The van der Waals surface area contributed by atoms with E-state index in [0.717, 1.165) is 17.7 Å². The average Bonchev–Trinajstić information content (AvgIpc) is 2.83. The second-order valence-electron chi connectivity index (χ2n) is 8.04. The van der Waals surface area contributed by atoms with Crippen molar-refractivity contribution in [3.63, 3.8) is 0 Å². The highest BCUT2D eigenvalue weighted by molar-refractivity contribution is 5.41. The number of hydrogen-bond acceptors (Lipinski definition) is 5. The minimum absolute atomic E-state index is 0.118. The fourth-order valence-electron chi connectivity index (χ4n) is 3.30. The van der Waals surface area contributed by atoms with E-state index in [2.05, 4.69) is 10.1 Å². The molecule has 37 heavy (non-hydrogen) atoms. The second kappa shape index (κ2) is 11.7. The topological polar surface area (TPSA) is 76.7 Å². The van der Waals surface area contributed by atoms with Gasteiger partial charge in [-0.2, -0.15) is 30.7 Å². The molecule has 3 rings (SSSR count). The molecule has 3 aromatic carbocycles. The van der Waals surface area contributed by atoms with Gasteiger partial charge in [0.15, 0.2) is 6.10 Å². The Morgan fingerprint density at radius 2 is 1.41 bits per heavy atom. The molecule has 3 aromatic rings. The van der Waals surface area contributed by atoms with Gasteiger partial charge in [-0.05, 0) is 53.1 Å². The van der Waals surface area contributed by atoms with Crippen molar-refractivity contribution >= 4 is 5.69 Å². The van der Waals surface area contributed by atoms with Gasteiger partial charge in [-0.3, -0.25) is 0 Å². The highest BCUT2D eigenvalue weighted by Crippen LogP contribution is 2.32. The van der Waals surface area contributed by atoms with Crippen LogP contribution in [0.25, 0.3) is 0 Å². The molecule has 12 heteroatoms. The number of aliphatic hydroxyl groups is 1. The van der Waals surface area contributed by atoms with Gasteiger partial charge in [0.1, 0.15) is 18.1 Å². The van der Waals surface area contributed by atoms with Crippen LogP contribution in [-0.4, -0.2) is 36.5 Å². The molecule has 2 atom stereocenters. The predicted octanol–water partition coefficient (Wildman–Crippen LogP) is 5.69. The van der Waals surface area contributed by atoms with E-state index in [9.17, 15) is 35.8 Å². The summed E-state index contributed by atoms with van der Waals surface area (Å²) in [5, 5.41) is 12.0. The molecule has 200 valence electrons. The summed E-state index contributed by atoms with van der Waals surface area (Å²) < 4.78 is 100. The van der Waals surface area contributed by atoms with Crippen molar-refractivity contribution in [1.29, 1.82) is 0 Å². The average molecular weight is 532 g/mol. The number of hydrogen-bond donors (Lipinski definition) is 3. The van der Waals surface area contributed by atoms with Crippen molar-refractivity contribution in [1.82, 2.24) is 5.32 Å². The molecule has 0 aromatic heterocycles. The Labute approximate surface area is 207 Å². The molecule has 0 heterocycles. The summed E-state index contributed by atoms with van der Waals surface area (Å²) in [5.41, 5.74) is 7.49. The number of ether oxygens (including phenoxy) is 2. The molecule has 0 fully saturated rings. The van der Waals surface area contributed by atoms with E-state index in [1.54, 1.807) is 36.4 Å². The third kappa shape index (κ3) is 7.99. The molecule has 0 spiro atoms. The summed E-state index contributed by atoms with van der Waals surface area (Å²) in [6.07, 6.45) is -16.5. The third-order valence-corrected chi connectivity index (χ3v) is 5.17.